The monoisotopic (exact) mass is 263 g/mol. The van der Waals surface area contributed by atoms with E-state index in [1.54, 1.807) is 4.90 Å². The fourth-order valence-corrected chi connectivity index (χ4v) is 2.11. The van der Waals surface area contributed by atoms with E-state index < -0.39 is 5.60 Å². The number of likely N-dealkylation sites (tertiary alicyclic amines) is 1. The van der Waals surface area contributed by atoms with Gasteiger partial charge in [0.15, 0.2) is 0 Å². The van der Waals surface area contributed by atoms with Crippen molar-refractivity contribution in [2.24, 2.45) is 0 Å². The summed E-state index contributed by atoms with van der Waals surface area (Å²) in [5, 5.41) is 0. The number of carbonyl (C=O) groups is 1. The predicted molar refractivity (Wildman–Crippen MR) is 59.5 cm³/mol. The Bertz CT molecular complexity index is 213. The molecule has 14 heavy (non-hydrogen) atoms. The summed E-state index contributed by atoms with van der Waals surface area (Å²) in [6, 6.07) is 0. The van der Waals surface area contributed by atoms with E-state index in [9.17, 15) is 4.79 Å². The number of carbonyl (C=O) groups excluding carboxylic acids is 1. The van der Waals surface area contributed by atoms with Crippen LogP contribution in [0.4, 0.5) is 4.79 Å². The highest BCUT2D eigenvalue weighted by Crippen LogP contribution is 2.23. The largest absolute Gasteiger partial charge is 0.444 e. The molecular weight excluding hydrogens is 246 g/mol. The average Bonchev–Trinajstić information content (AvgIpc) is 2.01. The van der Waals surface area contributed by atoms with Crippen LogP contribution in [0.15, 0.2) is 0 Å². The lowest BCUT2D eigenvalue weighted by Crippen LogP contribution is -2.43. The number of halogens is 1. The van der Waals surface area contributed by atoms with Gasteiger partial charge in [-0.05, 0) is 40.0 Å². The summed E-state index contributed by atoms with van der Waals surface area (Å²) in [4.78, 5) is 13.6. The lowest BCUT2D eigenvalue weighted by molar-refractivity contribution is 0.0192. The van der Waals surface area contributed by atoms with Crippen LogP contribution in [0.1, 0.15) is 40.0 Å². The Hall–Kier alpha value is -0.250. The zero-order chi connectivity index (χ0) is 10.8. The SMILES string of the molecule is CC(C)(C)OC(=O)N1CCCC[C@H]1Br. The zero-order valence-electron chi connectivity index (χ0n) is 9.05. The van der Waals surface area contributed by atoms with Gasteiger partial charge in [-0.15, -0.1) is 0 Å². The van der Waals surface area contributed by atoms with Gasteiger partial charge in [0.05, 0.1) is 4.95 Å². The second-order valence-corrected chi connectivity index (χ2v) is 5.66. The molecule has 0 aromatic rings. The maximum absolute atomic E-state index is 11.7. The molecule has 0 spiro atoms. The van der Waals surface area contributed by atoms with Gasteiger partial charge in [0.25, 0.3) is 0 Å². The third-order valence-electron chi connectivity index (χ3n) is 2.06. The van der Waals surface area contributed by atoms with Gasteiger partial charge in [0.2, 0.25) is 0 Å². The summed E-state index contributed by atoms with van der Waals surface area (Å²) >= 11 is 3.49. The van der Waals surface area contributed by atoms with Crippen LogP contribution >= 0.6 is 15.9 Å². The Morgan fingerprint density at radius 1 is 1.43 bits per heavy atom. The molecule has 0 unspecified atom stereocenters. The Balaban J connectivity index is 2.50. The summed E-state index contributed by atoms with van der Waals surface area (Å²) in [7, 11) is 0. The topological polar surface area (TPSA) is 29.5 Å². The summed E-state index contributed by atoms with van der Waals surface area (Å²) in [5.41, 5.74) is -0.402. The number of hydrogen-bond acceptors (Lipinski definition) is 2. The fraction of sp³-hybridized carbons (Fsp3) is 0.900. The molecule has 0 bridgehead atoms. The molecule has 0 saturated carbocycles. The quantitative estimate of drug-likeness (QED) is 0.497. The van der Waals surface area contributed by atoms with Crippen molar-refractivity contribution in [3.8, 4) is 0 Å². The summed E-state index contributed by atoms with van der Waals surface area (Å²) in [6.07, 6.45) is 3.05. The number of amides is 1. The lowest BCUT2D eigenvalue weighted by atomic mass is 10.1. The van der Waals surface area contributed by atoms with Gasteiger partial charge in [-0.1, -0.05) is 15.9 Å². The molecule has 1 fully saturated rings. The van der Waals surface area contributed by atoms with Crippen molar-refractivity contribution in [1.29, 1.82) is 0 Å². The molecule has 0 aromatic carbocycles. The smallest absolute Gasteiger partial charge is 0.411 e. The Morgan fingerprint density at radius 2 is 2.07 bits per heavy atom. The zero-order valence-corrected chi connectivity index (χ0v) is 10.6. The van der Waals surface area contributed by atoms with Gasteiger partial charge in [0.1, 0.15) is 5.60 Å². The molecule has 0 aliphatic carbocycles. The molecule has 0 N–H and O–H groups in total. The molecule has 1 amide bonds. The van der Waals surface area contributed by atoms with Crippen LogP contribution in [0, 0.1) is 0 Å². The van der Waals surface area contributed by atoms with Crippen LogP contribution in [0.5, 0.6) is 0 Å². The molecule has 4 heteroatoms. The Kier molecular flexibility index (Phi) is 3.81. The second-order valence-electron chi connectivity index (χ2n) is 4.60. The molecule has 1 atom stereocenters. The molecule has 0 radical (unpaired) electrons. The van der Waals surface area contributed by atoms with Crippen molar-refractivity contribution >= 4 is 22.0 Å². The standard InChI is InChI=1S/C10H18BrNO2/c1-10(2,3)14-9(13)12-7-5-4-6-8(12)11/h8H,4-7H2,1-3H3/t8-/m0/s1. The van der Waals surface area contributed by atoms with Crippen molar-refractivity contribution < 1.29 is 9.53 Å². The highest BCUT2D eigenvalue weighted by molar-refractivity contribution is 9.09. The normalized spacial score (nSPS) is 23.4. The van der Waals surface area contributed by atoms with Crippen LogP contribution in [0.3, 0.4) is 0 Å². The minimum absolute atomic E-state index is 0.145. The molecule has 1 heterocycles. The number of hydrogen-bond donors (Lipinski definition) is 0. The molecule has 1 rings (SSSR count). The van der Waals surface area contributed by atoms with Crippen LogP contribution in [0.25, 0.3) is 0 Å². The molecular formula is C10H18BrNO2. The summed E-state index contributed by atoms with van der Waals surface area (Å²) in [5.74, 6) is 0. The first-order chi connectivity index (χ1) is 6.40. The van der Waals surface area contributed by atoms with Crippen molar-refractivity contribution in [2.75, 3.05) is 6.54 Å². The third-order valence-corrected chi connectivity index (χ3v) is 3.01. The van der Waals surface area contributed by atoms with Gasteiger partial charge < -0.3 is 4.74 Å². The van der Waals surface area contributed by atoms with Gasteiger partial charge in [-0.2, -0.15) is 0 Å². The van der Waals surface area contributed by atoms with Crippen LogP contribution in [-0.4, -0.2) is 28.1 Å². The number of ether oxygens (including phenoxy) is 1. The fourth-order valence-electron chi connectivity index (χ4n) is 1.42. The average molecular weight is 264 g/mol. The highest BCUT2D eigenvalue weighted by Gasteiger charge is 2.28. The number of nitrogens with zero attached hydrogens (tertiary/aromatic N) is 1. The molecule has 1 aliphatic heterocycles. The first kappa shape index (κ1) is 11.8. The Morgan fingerprint density at radius 3 is 2.57 bits per heavy atom. The van der Waals surface area contributed by atoms with E-state index in [2.05, 4.69) is 15.9 Å². The van der Waals surface area contributed by atoms with Gasteiger partial charge in [-0.25, -0.2) is 4.79 Å². The lowest BCUT2D eigenvalue weighted by Gasteiger charge is -2.33. The van der Waals surface area contributed by atoms with Crippen LogP contribution < -0.4 is 0 Å². The minimum Gasteiger partial charge on any atom is -0.444 e. The van der Waals surface area contributed by atoms with Crippen LogP contribution in [-0.2, 0) is 4.74 Å². The minimum atomic E-state index is -0.402. The van der Waals surface area contributed by atoms with E-state index in [-0.39, 0.29) is 11.0 Å². The van der Waals surface area contributed by atoms with Crippen LogP contribution in [0.2, 0.25) is 0 Å². The number of piperidine rings is 1. The maximum atomic E-state index is 11.7. The van der Waals surface area contributed by atoms with E-state index in [1.165, 1.54) is 6.42 Å². The molecule has 1 aliphatic rings. The summed E-state index contributed by atoms with van der Waals surface area (Å²) < 4.78 is 5.30. The van der Waals surface area contributed by atoms with E-state index in [4.69, 9.17) is 4.74 Å². The van der Waals surface area contributed by atoms with Crippen molar-refractivity contribution in [3.63, 3.8) is 0 Å². The van der Waals surface area contributed by atoms with Gasteiger partial charge in [-0.3, -0.25) is 4.90 Å². The van der Waals surface area contributed by atoms with Crippen molar-refractivity contribution in [1.82, 2.24) is 4.90 Å². The highest BCUT2D eigenvalue weighted by atomic mass is 79.9. The van der Waals surface area contributed by atoms with E-state index in [0.717, 1.165) is 19.4 Å². The molecule has 0 aromatic heterocycles. The van der Waals surface area contributed by atoms with E-state index in [1.807, 2.05) is 20.8 Å². The van der Waals surface area contributed by atoms with E-state index in [0.29, 0.717) is 0 Å². The van der Waals surface area contributed by atoms with E-state index >= 15 is 0 Å². The molecule has 82 valence electrons. The van der Waals surface area contributed by atoms with Crippen molar-refractivity contribution in [3.05, 3.63) is 0 Å². The maximum Gasteiger partial charge on any atom is 0.411 e. The summed E-state index contributed by atoms with van der Waals surface area (Å²) in [6.45, 7) is 6.46. The number of rotatable bonds is 0. The van der Waals surface area contributed by atoms with Gasteiger partial charge in [0, 0.05) is 6.54 Å². The number of alkyl halides is 1. The second kappa shape index (κ2) is 4.51. The Labute approximate surface area is 93.9 Å². The first-order valence-corrected chi connectivity index (χ1v) is 5.95. The predicted octanol–water partition coefficient (Wildman–Crippen LogP) is 3.13. The van der Waals surface area contributed by atoms with Gasteiger partial charge >= 0.3 is 6.09 Å². The van der Waals surface area contributed by atoms with Crippen molar-refractivity contribution in [2.45, 2.75) is 50.6 Å². The first-order valence-electron chi connectivity index (χ1n) is 5.04. The molecule has 3 nitrogen and oxygen atoms in total. The molecule has 1 saturated heterocycles. The third kappa shape index (κ3) is 3.48.